The Morgan fingerprint density at radius 3 is 2.78 bits per heavy atom. The zero-order valence-electron chi connectivity index (χ0n) is 5.61. The van der Waals surface area contributed by atoms with Gasteiger partial charge in [-0.2, -0.15) is 0 Å². The van der Waals surface area contributed by atoms with Crippen molar-refractivity contribution in [2.24, 2.45) is 0 Å². The molecule has 9 heavy (non-hydrogen) atoms. The Balaban J connectivity index is 2.97. The first-order valence-electron chi connectivity index (χ1n) is 3.14. The molecule has 0 radical (unpaired) electrons. The summed E-state index contributed by atoms with van der Waals surface area (Å²) in [4.78, 5) is 10.5. The molecule has 0 aromatic carbocycles. The summed E-state index contributed by atoms with van der Waals surface area (Å²) in [5.41, 5.74) is 0. The molecule has 0 unspecified atom stereocenters. The Morgan fingerprint density at radius 2 is 2.33 bits per heavy atom. The smallest absolute Gasteiger partial charge is 0.219 e. The highest BCUT2D eigenvalue weighted by Crippen LogP contribution is 1.81. The van der Waals surface area contributed by atoms with Gasteiger partial charge in [0.2, 0.25) is 5.91 Å². The van der Waals surface area contributed by atoms with Gasteiger partial charge in [0.25, 0.3) is 0 Å². The summed E-state index contributed by atoms with van der Waals surface area (Å²) >= 11 is 5.38. The predicted molar refractivity (Wildman–Crippen MR) is 38.6 cm³/mol. The van der Waals surface area contributed by atoms with Gasteiger partial charge in [-0.1, -0.05) is 6.92 Å². The number of carbonyl (C=O) groups is 1. The number of hydrogen-bond acceptors (Lipinski definition) is 1. The first-order chi connectivity index (χ1) is 4.31. The minimum atomic E-state index is 0.0973. The molecule has 54 valence electrons. The largest absolute Gasteiger partial charge is 0.356 e. The van der Waals surface area contributed by atoms with Crippen LogP contribution in [0.4, 0.5) is 0 Å². The van der Waals surface area contributed by atoms with E-state index in [2.05, 4.69) is 5.32 Å². The highest BCUT2D eigenvalue weighted by atomic mass is 35.5. The first kappa shape index (κ1) is 8.76. The Bertz CT molecular complexity index is 85.1. The van der Waals surface area contributed by atoms with Crippen molar-refractivity contribution in [3.05, 3.63) is 0 Å². The summed E-state index contributed by atoms with van der Waals surface area (Å²) in [5.74, 6) is 0.712. The Hall–Kier alpha value is -0.240. The average Bonchev–Trinajstić information content (AvgIpc) is 1.89. The highest BCUT2D eigenvalue weighted by Gasteiger charge is 1.92. The van der Waals surface area contributed by atoms with E-state index >= 15 is 0 Å². The van der Waals surface area contributed by atoms with E-state index < -0.39 is 0 Å². The van der Waals surface area contributed by atoms with Crippen molar-refractivity contribution < 1.29 is 4.79 Å². The van der Waals surface area contributed by atoms with E-state index in [1.807, 2.05) is 6.92 Å². The lowest BCUT2D eigenvalue weighted by Gasteiger charge is -1.98. The number of nitrogens with one attached hydrogen (secondary N) is 1. The van der Waals surface area contributed by atoms with Gasteiger partial charge in [-0.15, -0.1) is 11.6 Å². The minimum absolute atomic E-state index is 0.0973. The zero-order chi connectivity index (χ0) is 7.11. The van der Waals surface area contributed by atoms with Crippen LogP contribution in [0.2, 0.25) is 0 Å². The summed E-state index contributed by atoms with van der Waals surface area (Å²) in [5, 5.41) is 2.71. The lowest BCUT2D eigenvalue weighted by molar-refractivity contribution is -0.120. The number of alkyl halides is 1. The van der Waals surface area contributed by atoms with E-state index in [1.165, 1.54) is 0 Å². The van der Waals surface area contributed by atoms with Gasteiger partial charge in [0.05, 0.1) is 0 Å². The second-order valence-electron chi connectivity index (χ2n) is 1.75. The fourth-order valence-corrected chi connectivity index (χ4v) is 0.553. The molecule has 0 fully saturated rings. The standard InChI is InChI=1S/C6H12ClNO/c1-2-6(9)8-5-3-4-7/h2-5H2,1H3,(H,8,9). The van der Waals surface area contributed by atoms with Gasteiger partial charge in [0.15, 0.2) is 0 Å². The van der Waals surface area contributed by atoms with Crippen LogP contribution in [0, 0.1) is 0 Å². The number of halogens is 1. The van der Waals surface area contributed by atoms with E-state index in [-0.39, 0.29) is 5.91 Å². The summed E-state index contributed by atoms with van der Waals surface area (Å²) < 4.78 is 0. The third-order valence-corrected chi connectivity index (χ3v) is 1.22. The molecule has 2 nitrogen and oxygen atoms in total. The molecule has 1 amide bonds. The molecule has 0 aromatic heterocycles. The van der Waals surface area contributed by atoms with Crippen molar-refractivity contribution >= 4 is 17.5 Å². The molecule has 0 heterocycles. The van der Waals surface area contributed by atoms with Crippen molar-refractivity contribution in [1.82, 2.24) is 5.32 Å². The van der Waals surface area contributed by atoms with Crippen LogP contribution in [0.3, 0.4) is 0 Å². The van der Waals surface area contributed by atoms with Crippen molar-refractivity contribution in [2.45, 2.75) is 19.8 Å². The molecule has 0 aliphatic heterocycles. The SMILES string of the molecule is CCC(=O)NCCCCl. The third kappa shape index (κ3) is 5.63. The molecule has 0 atom stereocenters. The molecular formula is C6H12ClNO. The lowest BCUT2D eigenvalue weighted by atomic mass is 10.4. The minimum Gasteiger partial charge on any atom is -0.356 e. The second-order valence-corrected chi connectivity index (χ2v) is 2.12. The maximum Gasteiger partial charge on any atom is 0.219 e. The van der Waals surface area contributed by atoms with E-state index in [1.54, 1.807) is 0 Å². The normalized spacial score (nSPS) is 9.11. The number of amides is 1. The summed E-state index contributed by atoms with van der Waals surface area (Å²) in [7, 11) is 0. The van der Waals surface area contributed by atoms with Crippen LogP contribution in [0.15, 0.2) is 0 Å². The molecule has 3 heteroatoms. The quantitative estimate of drug-likeness (QED) is 0.472. The molecule has 0 aliphatic rings. The number of hydrogen-bond donors (Lipinski definition) is 1. The number of carbonyl (C=O) groups excluding carboxylic acids is 1. The fourth-order valence-electron chi connectivity index (χ4n) is 0.420. The Morgan fingerprint density at radius 1 is 1.67 bits per heavy atom. The maximum absolute atomic E-state index is 10.5. The molecule has 0 saturated carbocycles. The molecule has 1 N–H and O–H groups in total. The molecular weight excluding hydrogens is 138 g/mol. The monoisotopic (exact) mass is 149 g/mol. The first-order valence-corrected chi connectivity index (χ1v) is 3.67. The van der Waals surface area contributed by atoms with Crippen LogP contribution < -0.4 is 5.32 Å². The Labute approximate surface area is 60.6 Å². The molecule has 0 aliphatic carbocycles. The van der Waals surface area contributed by atoms with Gasteiger partial charge in [-0.25, -0.2) is 0 Å². The summed E-state index contributed by atoms with van der Waals surface area (Å²) in [6.45, 7) is 2.53. The maximum atomic E-state index is 10.5. The lowest BCUT2D eigenvalue weighted by Crippen LogP contribution is -2.23. The van der Waals surface area contributed by atoms with E-state index in [9.17, 15) is 4.79 Å². The molecule has 0 bridgehead atoms. The molecule has 0 aromatic rings. The van der Waals surface area contributed by atoms with Crippen LogP contribution in [0.5, 0.6) is 0 Å². The van der Waals surface area contributed by atoms with Gasteiger partial charge in [-0.3, -0.25) is 4.79 Å². The van der Waals surface area contributed by atoms with Crippen molar-refractivity contribution in [2.75, 3.05) is 12.4 Å². The van der Waals surface area contributed by atoms with Gasteiger partial charge < -0.3 is 5.32 Å². The fraction of sp³-hybridized carbons (Fsp3) is 0.833. The average molecular weight is 150 g/mol. The molecule has 0 spiro atoms. The van der Waals surface area contributed by atoms with E-state index in [0.717, 1.165) is 6.42 Å². The van der Waals surface area contributed by atoms with Gasteiger partial charge >= 0.3 is 0 Å². The second kappa shape index (κ2) is 5.89. The van der Waals surface area contributed by atoms with Crippen LogP contribution >= 0.6 is 11.6 Å². The van der Waals surface area contributed by atoms with E-state index in [0.29, 0.717) is 18.8 Å². The van der Waals surface area contributed by atoms with Gasteiger partial charge in [0.1, 0.15) is 0 Å². The zero-order valence-corrected chi connectivity index (χ0v) is 6.37. The van der Waals surface area contributed by atoms with Gasteiger partial charge in [-0.05, 0) is 6.42 Å². The third-order valence-electron chi connectivity index (χ3n) is 0.954. The van der Waals surface area contributed by atoms with E-state index in [4.69, 9.17) is 11.6 Å². The van der Waals surface area contributed by atoms with Crippen LogP contribution in [0.25, 0.3) is 0 Å². The predicted octanol–water partition coefficient (Wildman–Crippen LogP) is 1.14. The summed E-state index contributed by atoms with van der Waals surface area (Å²) in [6.07, 6.45) is 1.41. The van der Waals surface area contributed by atoms with Crippen LogP contribution in [-0.4, -0.2) is 18.3 Å². The number of rotatable bonds is 4. The van der Waals surface area contributed by atoms with Crippen molar-refractivity contribution in [3.8, 4) is 0 Å². The van der Waals surface area contributed by atoms with Crippen molar-refractivity contribution in [3.63, 3.8) is 0 Å². The summed E-state index contributed by atoms with van der Waals surface area (Å²) in [6, 6.07) is 0. The van der Waals surface area contributed by atoms with Gasteiger partial charge in [0, 0.05) is 18.8 Å². The van der Waals surface area contributed by atoms with Crippen molar-refractivity contribution in [1.29, 1.82) is 0 Å². The molecule has 0 saturated heterocycles. The molecule has 0 rings (SSSR count). The van der Waals surface area contributed by atoms with Crippen LogP contribution in [-0.2, 0) is 4.79 Å². The highest BCUT2D eigenvalue weighted by molar-refractivity contribution is 6.17. The van der Waals surface area contributed by atoms with Crippen LogP contribution in [0.1, 0.15) is 19.8 Å². The topological polar surface area (TPSA) is 29.1 Å². The Kier molecular flexibility index (Phi) is 5.73.